The van der Waals surface area contributed by atoms with Gasteiger partial charge in [0.15, 0.2) is 5.71 Å². The Morgan fingerprint density at radius 2 is 1.51 bits per heavy atom. The fourth-order valence-electron chi connectivity index (χ4n) is 10.2. The number of halogens is 1. The summed E-state index contributed by atoms with van der Waals surface area (Å²) in [7, 11) is -10.1. The van der Waals surface area contributed by atoms with E-state index in [9.17, 15) is 53.3 Å². The third-order valence-corrected chi connectivity index (χ3v) is 16.8. The lowest BCUT2D eigenvalue weighted by atomic mass is 9.78. The first kappa shape index (κ1) is 54.3. The number of rotatable bonds is 19. The molecule has 0 saturated heterocycles. The topological polar surface area (TPSA) is 239 Å². The quantitative estimate of drug-likeness (QED) is 0.0394. The van der Waals surface area contributed by atoms with Gasteiger partial charge in [-0.25, -0.2) is 0 Å². The zero-order valence-electron chi connectivity index (χ0n) is 41.1. The van der Waals surface area contributed by atoms with Crippen LogP contribution in [0.4, 0.5) is 17.1 Å². The Morgan fingerprint density at radius 1 is 0.806 bits per heavy atom. The Labute approximate surface area is 426 Å². The molecule has 4 aliphatic rings. The molecule has 0 fully saturated rings. The van der Waals surface area contributed by atoms with Crippen molar-refractivity contribution in [2.45, 2.75) is 99.7 Å². The van der Waals surface area contributed by atoms with E-state index in [1.54, 1.807) is 6.07 Å². The Balaban J connectivity index is 1.21. The number of anilines is 2. The maximum Gasteiger partial charge on any atom is 0.295 e. The van der Waals surface area contributed by atoms with Gasteiger partial charge in [-0.3, -0.25) is 32.9 Å². The zero-order valence-corrected chi connectivity index (χ0v) is 44.3. The summed E-state index contributed by atoms with van der Waals surface area (Å²) in [4.78, 5) is 40.2. The number of imide groups is 1. The molecular formula is C51H61ClN5O12S3+. The number of fused-ring (bicyclic) bond motifs is 4. The van der Waals surface area contributed by atoms with Crippen molar-refractivity contribution in [1.82, 2.24) is 10.2 Å². The van der Waals surface area contributed by atoms with Crippen LogP contribution >= 0.6 is 11.6 Å². The van der Waals surface area contributed by atoms with Gasteiger partial charge in [0.25, 0.3) is 42.2 Å². The standard InChI is InChI=1S/C51H60ClN5O12S3/c1-50(2)39-30-35(54(5)6)17-19-40(39)55(27-11-29-70(61,62)63)43(50)21-15-33-12-10-13-34(49(33)52)16-22-44-51(3,4)48-38-31-36(71(64,65)66)32-42(72(67,68)69)37(38)18-20-41(48)56(44)26-9-7-8-14-45(58)53-25-28-57-46(59)23-24-47(57)60/h15-24,30-32H,7-14,25-29H2,1-6H3,(H3-,53,58,61,62,63,64,65,66,67,68,69)/p+1. The van der Waals surface area contributed by atoms with Crippen LogP contribution in [-0.2, 0) is 55.6 Å². The highest BCUT2D eigenvalue weighted by molar-refractivity contribution is 7.87. The molecule has 3 aromatic rings. The van der Waals surface area contributed by atoms with E-state index >= 15 is 0 Å². The second kappa shape index (κ2) is 20.8. The second-order valence-corrected chi connectivity index (χ2v) is 24.5. The number of carbonyl (C=O) groups is 3. The molecule has 3 aromatic carbocycles. The number of amides is 3. The van der Waals surface area contributed by atoms with Crippen LogP contribution in [0.3, 0.4) is 0 Å². The average Bonchev–Trinajstić information content (AvgIpc) is 3.81. The summed E-state index contributed by atoms with van der Waals surface area (Å²) in [5.74, 6) is -1.47. The highest BCUT2D eigenvalue weighted by Gasteiger charge is 2.46. The number of nitrogens with one attached hydrogen (secondary N) is 1. The molecule has 0 unspecified atom stereocenters. The van der Waals surface area contributed by atoms with Crippen molar-refractivity contribution in [2.24, 2.45) is 0 Å². The summed E-state index contributed by atoms with van der Waals surface area (Å²) < 4.78 is 106. The molecule has 3 amide bonds. The van der Waals surface area contributed by atoms with Crippen molar-refractivity contribution in [2.75, 3.05) is 55.8 Å². The minimum Gasteiger partial charge on any atom is -0.378 e. The largest absolute Gasteiger partial charge is 0.378 e. The molecule has 3 heterocycles. The van der Waals surface area contributed by atoms with Crippen LogP contribution < -0.4 is 15.1 Å². The number of hydrogen-bond donors (Lipinski definition) is 4. The van der Waals surface area contributed by atoms with Crippen molar-refractivity contribution in [3.05, 3.63) is 112 Å². The van der Waals surface area contributed by atoms with E-state index < -0.39 is 62.8 Å². The SMILES string of the molecule is CN(C)c1ccc2c(c1)C(C)(C)/C(=C\C=C1/CCCC(/C=C/C3=[N+](CCCCCC(=O)NCCN4C(=O)C=CC4=O)c4ccc5c(S(=O)(=O)O)cc(S(=O)(=O)O)cc5c4C3(C)C)=C1Cl)N2CCCS(=O)(=O)O. The van der Waals surface area contributed by atoms with E-state index in [2.05, 4.69) is 34.7 Å². The van der Waals surface area contributed by atoms with E-state index in [1.807, 2.05) is 69.3 Å². The monoisotopic (exact) mass is 1070 g/mol. The molecule has 0 bridgehead atoms. The molecule has 1 aliphatic carbocycles. The number of nitrogens with zero attached hydrogens (tertiary/aromatic N) is 4. The molecule has 0 aromatic heterocycles. The molecule has 0 atom stereocenters. The zero-order chi connectivity index (χ0) is 52.7. The molecule has 21 heteroatoms. The van der Waals surface area contributed by atoms with Gasteiger partial charge in [-0.15, -0.1) is 0 Å². The lowest BCUT2D eigenvalue weighted by Gasteiger charge is -2.27. The van der Waals surface area contributed by atoms with Gasteiger partial charge >= 0.3 is 0 Å². The van der Waals surface area contributed by atoms with Crippen molar-refractivity contribution in [3.63, 3.8) is 0 Å². The van der Waals surface area contributed by atoms with E-state index in [4.69, 9.17) is 11.6 Å². The average molecular weight is 1070 g/mol. The maximum atomic E-state index is 12.7. The Morgan fingerprint density at radius 3 is 2.17 bits per heavy atom. The summed E-state index contributed by atoms with van der Waals surface area (Å²) in [6.45, 7) is 9.03. The Kier molecular flexibility index (Phi) is 15.7. The van der Waals surface area contributed by atoms with Crippen LogP contribution in [0.2, 0.25) is 0 Å². The van der Waals surface area contributed by atoms with Crippen LogP contribution in [-0.4, -0.2) is 118 Å². The summed E-state index contributed by atoms with van der Waals surface area (Å²) in [5, 5.41) is 3.58. The predicted molar refractivity (Wildman–Crippen MR) is 278 cm³/mol. The van der Waals surface area contributed by atoms with E-state index in [-0.39, 0.29) is 48.4 Å². The van der Waals surface area contributed by atoms with Crippen molar-refractivity contribution < 1.29 is 57.9 Å². The number of unbranched alkanes of at least 4 members (excludes halogenated alkanes) is 2. The van der Waals surface area contributed by atoms with Crippen LogP contribution in [0.1, 0.15) is 90.2 Å². The molecule has 72 heavy (non-hydrogen) atoms. The molecule has 386 valence electrons. The van der Waals surface area contributed by atoms with E-state index in [1.165, 1.54) is 24.3 Å². The number of allylic oxidation sites excluding steroid dienone is 8. The minimum atomic E-state index is -4.96. The first-order valence-corrected chi connectivity index (χ1v) is 28.5. The highest BCUT2D eigenvalue weighted by atomic mass is 35.5. The first-order valence-electron chi connectivity index (χ1n) is 23.7. The van der Waals surface area contributed by atoms with Crippen LogP contribution in [0, 0.1) is 0 Å². The van der Waals surface area contributed by atoms with Gasteiger partial charge in [-0.1, -0.05) is 37.6 Å². The van der Waals surface area contributed by atoms with Gasteiger partial charge in [0.2, 0.25) is 11.6 Å². The predicted octanol–water partition coefficient (Wildman–Crippen LogP) is 7.50. The second-order valence-electron chi connectivity index (χ2n) is 19.7. The molecule has 0 radical (unpaired) electrons. The lowest BCUT2D eigenvalue weighted by Crippen LogP contribution is -2.38. The molecular weight excluding hydrogens is 1010 g/mol. The minimum absolute atomic E-state index is 0.0605. The Bertz CT molecular complexity index is 3280. The van der Waals surface area contributed by atoms with Gasteiger partial charge in [-0.2, -0.15) is 29.8 Å². The number of carbonyl (C=O) groups excluding carboxylic acids is 3. The number of benzene rings is 3. The van der Waals surface area contributed by atoms with Crippen LogP contribution in [0.5, 0.6) is 0 Å². The number of hydrogen-bond acceptors (Lipinski definition) is 11. The van der Waals surface area contributed by atoms with Gasteiger partial charge in [0.1, 0.15) is 11.4 Å². The highest BCUT2D eigenvalue weighted by Crippen LogP contribution is 2.50. The molecule has 7 rings (SSSR count). The Hall–Kier alpha value is -5.48. The fraction of sp³-hybridized carbons (Fsp3) is 0.412. The molecule has 17 nitrogen and oxygen atoms in total. The van der Waals surface area contributed by atoms with Gasteiger partial charge in [0, 0.05) is 109 Å². The third-order valence-electron chi connectivity index (χ3n) is 13.8. The normalized spacial score (nSPS) is 19.0. The lowest BCUT2D eigenvalue weighted by molar-refractivity contribution is -0.438. The first-order chi connectivity index (χ1) is 33.6. The van der Waals surface area contributed by atoms with Crippen LogP contribution in [0.15, 0.2) is 111 Å². The van der Waals surface area contributed by atoms with Crippen molar-refractivity contribution in [3.8, 4) is 0 Å². The van der Waals surface area contributed by atoms with Gasteiger partial charge in [-0.05, 0) is 117 Å². The van der Waals surface area contributed by atoms with E-state index in [0.717, 1.165) is 56.9 Å². The summed E-state index contributed by atoms with van der Waals surface area (Å²) in [5.41, 5.74) is 6.30. The summed E-state index contributed by atoms with van der Waals surface area (Å²) in [6.07, 6.45) is 14.6. The van der Waals surface area contributed by atoms with Gasteiger partial charge in [0.05, 0.1) is 16.1 Å². The van der Waals surface area contributed by atoms with Crippen molar-refractivity contribution in [1.29, 1.82) is 0 Å². The van der Waals surface area contributed by atoms with E-state index in [0.29, 0.717) is 61.5 Å². The smallest absolute Gasteiger partial charge is 0.295 e. The molecule has 0 spiro atoms. The molecule has 3 aliphatic heterocycles. The van der Waals surface area contributed by atoms with Gasteiger partial charge < -0.3 is 15.1 Å². The fourth-order valence-corrected chi connectivity index (χ4v) is 12.3. The van der Waals surface area contributed by atoms with Crippen molar-refractivity contribution >= 4 is 93.2 Å². The maximum absolute atomic E-state index is 12.7. The van der Waals surface area contributed by atoms with Crippen LogP contribution in [0.25, 0.3) is 10.8 Å². The summed E-state index contributed by atoms with van der Waals surface area (Å²) in [6, 6.07) is 11.3. The molecule has 0 saturated carbocycles. The molecule has 4 N–H and O–H groups in total. The summed E-state index contributed by atoms with van der Waals surface area (Å²) >= 11 is 7.29. The third kappa shape index (κ3) is 11.5.